The zero-order valence-electron chi connectivity index (χ0n) is 19.5. The van der Waals surface area contributed by atoms with Crippen LogP contribution in [0.4, 0.5) is 5.69 Å². The van der Waals surface area contributed by atoms with Gasteiger partial charge in [-0.05, 0) is 48.6 Å². The molecule has 2 bridgehead atoms. The highest BCUT2D eigenvalue weighted by atomic mass is 32.2. The van der Waals surface area contributed by atoms with Crippen LogP contribution < -0.4 is 4.90 Å². The van der Waals surface area contributed by atoms with Crippen LogP contribution in [0.2, 0.25) is 0 Å². The van der Waals surface area contributed by atoms with Crippen LogP contribution in [0.1, 0.15) is 25.7 Å². The molecule has 5 rings (SSSR count). The number of hydrogen-bond donors (Lipinski definition) is 2. The number of carboxylic acid groups (broad SMARTS) is 1. The predicted octanol–water partition coefficient (Wildman–Crippen LogP) is 3.31. The predicted molar refractivity (Wildman–Crippen MR) is 136 cm³/mol. The van der Waals surface area contributed by atoms with Crippen molar-refractivity contribution in [3.63, 3.8) is 0 Å². The Bertz CT molecular complexity index is 1190. The number of aliphatic carboxylic acids is 1. The van der Waals surface area contributed by atoms with E-state index in [2.05, 4.69) is 6.58 Å². The molecule has 7 nitrogen and oxygen atoms in total. The first-order chi connectivity index (χ1) is 16.9. The van der Waals surface area contributed by atoms with Crippen molar-refractivity contribution in [2.24, 2.45) is 11.8 Å². The van der Waals surface area contributed by atoms with Crippen molar-refractivity contribution >= 4 is 46.0 Å². The highest BCUT2D eigenvalue weighted by Crippen LogP contribution is 2.66. The third-order valence-corrected chi connectivity index (χ3v) is 9.70. The van der Waals surface area contributed by atoms with Crippen molar-refractivity contribution in [2.45, 2.75) is 41.7 Å². The van der Waals surface area contributed by atoms with Gasteiger partial charge in [-0.25, -0.2) is 0 Å². The third-order valence-electron chi connectivity index (χ3n) is 7.75. The number of hydrogen-bond acceptors (Lipinski definition) is 5. The first-order valence-corrected chi connectivity index (χ1v) is 13.0. The zero-order valence-corrected chi connectivity index (χ0v) is 20.3. The van der Waals surface area contributed by atoms with Crippen LogP contribution >= 0.6 is 11.8 Å². The van der Waals surface area contributed by atoms with Gasteiger partial charge in [0, 0.05) is 30.6 Å². The zero-order chi connectivity index (χ0) is 24.7. The monoisotopic (exact) mass is 494 g/mol. The Morgan fingerprint density at radius 1 is 1.20 bits per heavy atom. The fraction of sp³-hybridized carbons (Fsp3) is 0.444. The van der Waals surface area contributed by atoms with E-state index < -0.39 is 28.6 Å². The minimum Gasteiger partial charge on any atom is -0.481 e. The number of carbonyl (C=O) groups excluding carboxylic acids is 2. The Kier molecular flexibility index (Phi) is 6.36. The summed E-state index contributed by atoms with van der Waals surface area (Å²) in [6.45, 7) is 4.46. The van der Waals surface area contributed by atoms with Crippen LogP contribution in [0.3, 0.4) is 0 Å². The lowest BCUT2D eigenvalue weighted by molar-refractivity contribution is -0.148. The van der Waals surface area contributed by atoms with Crippen molar-refractivity contribution < 1.29 is 24.6 Å². The average Bonchev–Trinajstić information content (AvgIpc) is 3.49. The molecule has 3 saturated heterocycles. The van der Waals surface area contributed by atoms with Crippen molar-refractivity contribution in [2.75, 3.05) is 24.6 Å². The first-order valence-electron chi connectivity index (χ1n) is 12.2. The Labute approximate surface area is 208 Å². The van der Waals surface area contributed by atoms with E-state index in [0.717, 1.165) is 16.5 Å². The van der Waals surface area contributed by atoms with Crippen molar-refractivity contribution in [1.29, 1.82) is 0 Å². The molecule has 2 aromatic carbocycles. The van der Waals surface area contributed by atoms with E-state index in [1.807, 2.05) is 42.5 Å². The van der Waals surface area contributed by atoms with E-state index in [-0.39, 0.29) is 30.2 Å². The van der Waals surface area contributed by atoms with Crippen LogP contribution in [-0.2, 0) is 14.4 Å². The summed E-state index contributed by atoms with van der Waals surface area (Å²) < 4.78 is -0.739. The Morgan fingerprint density at radius 3 is 2.69 bits per heavy atom. The number of thioether (sulfide) groups is 1. The Balaban J connectivity index is 1.56. The number of carboxylic acids is 1. The maximum absolute atomic E-state index is 14.3. The summed E-state index contributed by atoms with van der Waals surface area (Å²) in [5.41, 5.74) is 0.725. The van der Waals surface area contributed by atoms with E-state index in [0.29, 0.717) is 32.2 Å². The number of anilines is 1. The second-order valence-electron chi connectivity index (χ2n) is 9.63. The second-order valence-corrected chi connectivity index (χ2v) is 11.2. The second kappa shape index (κ2) is 9.32. The van der Waals surface area contributed by atoms with Gasteiger partial charge in [-0.1, -0.05) is 36.4 Å². The number of aliphatic hydroxyl groups excluding tert-OH is 1. The minimum absolute atomic E-state index is 0.00344. The lowest BCUT2D eigenvalue weighted by atomic mass is 9.71. The minimum atomic E-state index is -0.955. The Morgan fingerprint density at radius 2 is 1.97 bits per heavy atom. The molecule has 8 heteroatoms. The van der Waals surface area contributed by atoms with Gasteiger partial charge < -0.3 is 20.0 Å². The Hall–Kier alpha value is -2.84. The first kappa shape index (κ1) is 23.9. The normalized spacial score (nSPS) is 28.9. The van der Waals surface area contributed by atoms with Gasteiger partial charge in [0.05, 0.1) is 16.6 Å². The largest absolute Gasteiger partial charge is 0.481 e. The van der Waals surface area contributed by atoms with Gasteiger partial charge in [-0.2, -0.15) is 0 Å². The van der Waals surface area contributed by atoms with E-state index in [1.165, 1.54) is 11.8 Å². The van der Waals surface area contributed by atoms with Gasteiger partial charge in [0.1, 0.15) is 6.04 Å². The highest BCUT2D eigenvalue weighted by molar-refractivity contribution is 8.02. The number of unbranched alkanes of at least 4 members (excludes halogenated alkanes) is 1. The maximum Gasteiger partial charge on any atom is 0.308 e. The molecule has 35 heavy (non-hydrogen) atoms. The van der Waals surface area contributed by atoms with E-state index in [9.17, 15) is 24.6 Å². The number of benzene rings is 2. The van der Waals surface area contributed by atoms with Gasteiger partial charge in [-0.3, -0.25) is 14.4 Å². The number of rotatable bonds is 9. The molecule has 5 atom stereocenters. The number of nitrogens with zero attached hydrogens (tertiary/aromatic N) is 2. The van der Waals surface area contributed by atoms with Crippen molar-refractivity contribution in [3.05, 3.63) is 55.1 Å². The fourth-order valence-electron chi connectivity index (χ4n) is 6.29. The van der Waals surface area contributed by atoms with E-state index in [4.69, 9.17) is 0 Å². The van der Waals surface area contributed by atoms with Crippen LogP contribution in [0.25, 0.3) is 10.8 Å². The van der Waals surface area contributed by atoms with E-state index in [1.54, 1.807) is 15.9 Å². The summed E-state index contributed by atoms with van der Waals surface area (Å²) in [6.07, 6.45) is 4.08. The number of aliphatic hydroxyl groups is 1. The average molecular weight is 495 g/mol. The smallest absolute Gasteiger partial charge is 0.308 e. The van der Waals surface area contributed by atoms with Crippen LogP contribution in [-0.4, -0.2) is 68.6 Å². The van der Waals surface area contributed by atoms with Crippen molar-refractivity contribution in [3.8, 4) is 0 Å². The van der Waals surface area contributed by atoms with E-state index >= 15 is 0 Å². The molecular weight excluding hydrogens is 464 g/mol. The van der Waals surface area contributed by atoms with Gasteiger partial charge in [0.25, 0.3) is 5.91 Å². The van der Waals surface area contributed by atoms with Gasteiger partial charge >= 0.3 is 5.97 Å². The fourth-order valence-corrected chi connectivity index (χ4v) is 8.50. The molecule has 0 aliphatic carbocycles. The third kappa shape index (κ3) is 3.74. The molecule has 0 radical (unpaired) electrons. The molecular formula is C27H30N2O5S. The quantitative estimate of drug-likeness (QED) is 0.410. The molecule has 3 aliphatic rings. The summed E-state index contributed by atoms with van der Waals surface area (Å²) in [5.74, 6) is -2.86. The molecule has 0 saturated carbocycles. The highest BCUT2D eigenvalue weighted by Gasteiger charge is 2.73. The molecule has 3 aliphatic heterocycles. The number of amides is 2. The summed E-state index contributed by atoms with van der Waals surface area (Å²) >= 11 is 1.54. The molecule has 3 fully saturated rings. The summed E-state index contributed by atoms with van der Waals surface area (Å²) in [4.78, 5) is 43.5. The van der Waals surface area contributed by atoms with Gasteiger partial charge in [-0.15, -0.1) is 18.3 Å². The topological polar surface area (TPSA) is 98.2 Å². The van der Waals surface area contributed by atoms with Crippen LogP contribution in [0, 0.1) is 11.8 Å². The van der Waals surface area contributed by atoms with Gasteiger partial charge in [0.2, 0.25) is 5.91 Å². The molecule has 184 valence electrons. The van der Waals surface area contributed by atoms with Crippen molar-refractivity contribution in [1.82, 2.24) is 4.90 Å². The summed E-state index contributed by atoms with van der Waals surface area (Å²) in [6, 6.07) is 13.0. The van der Waals surface area contributed by atoms with Crippen LogP contribution in [0.15, 0.2) is 55.1 Å². The molecule has 1 spiro atoms. The number of carbonyl (C=O) groups is 3. The number of likely N-dealkylation sites (tertiary alicyclic amines) is 1. The lowest BCUT2D eigenvalue weighted by Gasteiger charge is -2.37. The molecule has 3 heterocycles. The molecule has 2 aromatic rings. The summed E-state index contributed by atoms with van der Waals surface area (Å²) in [7, 11) is 0. The maximum atomic E-state index is 14.3. The molecule has 0 aromatic heterocycles. The van der Waals surface area contributed by atoms with Gasteiger partial charge in [0.15, 0.2) is 0 Å². The van der Waals surface area contributed by atoms with Crippen LogP contribution in [0.5, 0.6) is 0 Å². The molecule has 2 unspecified atom stereocenters. The summed E-state index contributed by atoms with van der Waals surface area (Å²) in [5, 5.41) is 21.2. The SMILES string of the molecule is C=CCN(C(=O)C1N(CCCCO)C(=O)[C@@H]2[C@H](C(=O)O)[C@@H]3CCC12S3)c1ccc2ccccc2c1. The molecule has 2 N–H and O–H groups in total. The lowest BCUT2D eigenvalue weighted by Crippen LogP contribution is -2.55. The molecule has 2 amide bonds. The standard InChI is InChI=1S/C27H30N2O5S/c1-2-13-28(19-10-9-17-7-3-4-8-18(17)16-19)25(32)23-27-12-11-20(35-27)21(26(33)34)22(27)24(31)29(23)14-5-6-15-30/h2-4,7-10,16,20-23,30H,1,5-6,11-15H2,(H,33,34)/t20-,21+,22-,23?,27?/m0/s1. The number of fused-ring (bicyclic) bond motifs is 2.